The van der Waals surface area contributed by atoms with Crippen LogP contribution >= 0.6 is 0 Å². The van der Waals surface area contributed by atoms with Gasteiger partial charge < -0.3 is 24.5 Å². The number of benzene rings is 2. The maximum absolute atomic E-state index is 14.6. The molecule has 0 bridgehead atoms. The van der Waals surface area contributed by atoms with Crippen LogP contribution in [0.15, 0.2) is 63.1 Å². The van der Waals surface area contributed by atoms with Gasteiger partial charge in [-0.1, -0.05) is 18.2 Å². The number of carbonyl (C=O) groups excluding carboxylic acids is 1. The molecule has 174 valence electrons. The van der Waals surface area contributed by atoms with Gasteiger partial charge in [0.15, 0.2) is 11.2 Å². The number of carbonyl (C=O) groups is 1. The molecule has 0 fully saturated rings. The van der Waals surface area contributed by atoms with Gasteiger partial charge in [0, 0.05) is 11.1 Å². The lowest BCUT2D eigenvalue weighted by molar-refractivity contribution is -0.121. The Hall–Kier alpha value is -4.51. The number of fused-ring (bicyclic) bond motifs is 5. The number of para-hydroxylation sites is 1. The molecule has 0 saturated heterocycles. The van der Waals surface area contributed by atoms with E-state index in [9.17, 15) is 14.9 Å². The topological polar surface area (TPSA) is 119 Å². The van der Waals surface area contributed by atoms with Crippen molar-refractivity contribution in [1.82, 2.24) is 0 Å². The molecule has 0 unspecified atom stereocenters. The predicted octanol–water partition coefficient (Wildman–Crippen LogP) is 3.72. The van der Waals surface area contributed by atoms with Crippen LogP contribution in [0.1, 0.15) is 37.5 Å². The maximum Gasteiger partial charge on any atom is 0.345 e. The molecule has 35 heavy (non-hydrogen) atoms. The van der Waals surface area contributed by atoms with Gasteiger partial charge in [0.2, 0.25) is 11.8 Å². The zero-order chi connectivity index (χ0) is 24.9. The van der Waals surface area contributed by atoms with Crippen molar-refractivity contribution in [2.75, 3.05) is 12.0 Å². The van der Waals surface area contributed by atoms with Crippen LogP contribution in [-0.2, 0) is 10.2 Å². The van der Waals surface area contributed by atoms with Crippen molar-refractivity contribution < 1.29 is 18.7 Å². The fourth-order valence-corrected chi connectivity index (χ4v) is 5.80. The van der Waals surface area contributed by atoms with Crippen LogP contribution < -0.4 is 25.7 Å². The van der Waals surface area contributed by atoms with Crippen molar-refractivity contribution in [1.29, 1.82) is 5.26 Å². The van der Waals surface area contributed by atoms with Crippen LogP contribution in [0.4, 0.5) is 5.69 Å². The molecule has 3 aromatic rings. The number of allylic oxidation sites excluding steroid dienone is 1. The van der Waals surface area contributed by atoms with Crippen LogP contribution in [0.3, 0.4) is 0 Å². The SMILES string of the molecule is COc1cc2c3c(c1)[C@@]1(C(=O)N3C(C)(C)C=C2C)C(C#N)=C(N)Oc2c1c(=O)oc1ccccc21. The standard InChI is InChI=1S/C27H21N3O5/c1-13-11-26(2,3)30-21-16(13)9-14(33-4)10-17(21)27(25(30)32)18(12-28)23(29)35-22-15-7-5-6-8-19(15)34-24(31)20(22)27/h5-11H,29H2,1-4H3/t27-/m1/s1. The largest absolute Gasteiger partial charge is 0.497 e. The fourth-order valence-electron chi connectivity index (χ4n) is 5.80. The second-order valence-electron chi connectivity index (χ2n) is 9.49. The van der Waals surface area contributed by atoms with Crippen molar-refractivity contribution in [3.05, 3.63) is 81.0 Å². The van der Waals surface area contributed by atoms with E-state index in [4.69, 9.17) is 19.6 Å². The minimum Gasteiger partial charge on any atom is -0.497 e. The number of rotatable bonds is 1. The normalized spacial score (nSPS) is 21.4. The molecule has 0 saturated carbocycles. The highest BCUT2D eigenvalue weighted by atomic mass is 16.5. The third-order valence-corrected chi connectivity index (χ3v) is 7.13. The van der Waals surface area contributed by atoms with Crippen LogP contribution in [0.5, 0.6) is 11.5 Å². The summed E-state index contributed by atoms with van der Waals surface area (Å²) in [5.41, 5.74) is 5.77. The Morgan fingerprint density at radius 2 is 1.91 bits per heavy atom. The summed E-state index contributed by atoms with van der Waals surface area (Å²) >= 11 is 0. The smallest absolute Gasteiger partial charge is 0.345 e. The number of hydrogen-bond acceptors (Lipinski definition) is 7. The molecule has 1 aromatic heterocycles. The Bertz CT molecular complexity index is 1670. The number of nitrogens with two attached hydrogens (primary N) is 1. The molecule has 8 nitrogen and oxygen atoms in total. The van der Waals surface area contributed by atoms with Gasteiger partial charge in [-0.05, 0) is 50.6 Å². The number of hydrogen-bond donors (Lipinski definition) is 1. The van der Waals surface area contributed by atoms with E-state index < -0.39 is 22.5 Å². The summed E-state index contributed by atoms with van der Waals surface area (Å²) in [6, 6.07) is 12.5. The van der Waals surface area contributed by atoms with Crippen LogP contribution in [-0.4, -0.2) is 18.6 Å². The molecule has 1 amide bonds. The van der Waals surface area contributed by atoms with E-state index in [2.05, 4.69) is 6.07 Å². The van der Waals surface area contributed by atoms with E-state index in [1.165, 1.54) is 7.11 Å². The summed E-state index contributed by atoms with van der Waals surface area (Å²) in [7, 11) is 1.52. The third-order valence-electron chi connectivity index (χ3n) is 7.13. The molecule has 6 rings (SSSR count). The first kappa shape index (κ1) is 21.1. The van der Waals surface area contributed by atoms with Gasteiger partial charge in [0.25, 0.3) is 0 Å². The first-order valence-electron chi connectivity index (χ1n) is 11.1. The molecular formula is C27H21N3O5. The van der Waals surface area contributed by atoms with Crippen molar-refractivity contribution in [3.63, 3.8) is 0 Å². The van der Waals surface area contributed by atoms with Crippen molar-refractivity contribution >= 4 is 28.1 Å². The van der Waals surface area contributed by atoms with Gasteiger partial charge in [0.05, 0.1) is 23.7 Å². The predicted molar refractivity (Wildman–Crippen MR) is 129 cm³/mol. The van der Waals surface area contributed by atoms with Crippen LogP contribution in [0, 0.1) is 11.3 Å². The van der Waals surface area contributed by atoms with Gasteiger partial charge >= 0.3 is 5.63 Å². The Balaban J connectivity index is 1.87. The number of anilines is 1. The van der Waals surface area contributed by atoms with E-state index in [0.29, 0.717) is 22.4 Å². The Morgan fingerprint density at radius 3 is 2.63 bits per heavy atom. The van der Waals surface area contributed by atoms with Gasteiger partial charge in [-0.25, -0.2) is 4.79 Å². The average Bonchev–Trinajstić information content (AvgIpc) is 3.07. The maximum atomic E-state index is 14.6. The highest BCUT2D eigenvalue weighted by Crippen LogP contribution is 2.60. The van der Waals surface area contributed by atoms with Gasteiger partial charge in [-0.2, -0.15) is 5.26 Å². The summed E-state index contributed by atoms with van der Waals surface area (Å²) < 4.78 is 17.1. The van der Waals surface area contributed by atoms with Crippen LogP contribution in [0.25, 0.3) is 16.5 Å². The van der Waals surface area contributed by atoms with E-state index in [1.807, 2.05) is 32.9 Å². The average molecular weight is 467 g/mol. The van der Waals surface area contributed by atoms with Crippen molar-refractivity contribution in [3.8, 4) is 17.6 Å². The lowest BCUT2D eigenvalue weighted by Gasteiger charge is -2.40. The summed E-state index contributed by atoms with van der Waals surface area (Å²) in [5.74, 6) is -0.111. The Kier molecular flexibility index (Phi) is 3.93. The highest BCUT2D eigenvalue weighted by molar-refractivity contribution is 6.18. The quantitative estimate of drug-likeness (QED) is 0.542. The summed E-state index contributed by atoms with van der Waals surface area (Å²) in [6.07, 6.45) is 1.98. The lowest BCUT2D eigenvalue weighted by atomic mass is 9.68. The first-order chi connectivity index (χ1) is 16.7. The summed E-state index contributed by atoms with van der Waals surface area (Å²) in [4.78, 5) is 29.9. The van der Waals surface area contributed by atoms with E-state index in [-0.39, 0.29) is 28.4 Å². The van der Waals surface area contributed by atoms with E-state index in [1.54, 1.807) is 35.2 Å². The van der Waals surface area contributed by atoms with Crippen molar-refractivity contribution in [2.45, 2.75) is 31.7 Å². The zero-order valence-corrected chi connectivity index (χ0v) is 19.6. The molecule has 3 aliphatic heterocycles. The number of nitrogens with zero attached hydrogens (tertiary/aromatic N) is 2. The molecule has 0 radical (unpaired) electrons. The molecule has 2 aromatic carbocycles. The molecule has 1 spiro atoms. The molecule has 3 aliphatic rings. The Labute approximate surface area is 200 Å². The molecule has 2 N–H and O–H groups in total. The summed E-state index contributed by atoms with van der Waals surface area (Å²) in [6.45, 7) is 5.78. The second kappa shape index (κ2) is 6.54. The number of ether oxygens (including phenoxy) is 2. The van der Waals surface area contributed by atoms with E-state index in [0.717, 1.165) is 11.1 Å². The third kappa shape index (κ3) is 2.34. The molecule has 1 atom stereocenters. The summed E-state index contributed by atoms with van der Waals surface area (Å²) in [5, 5.41) is 10.8. The van der Waals surface area contributed by atoms with Gasteiger partial charge in [0.1, 0.15) is 28.5 Å². The monoisotopic (exact) mass is 467 g/mol. The number of amides is 1. The number of methoxy groups -OCH3 is 1. The molecule has 0 aliphatic carbocycles. The minimum absolute atomic E-state index is 0.0646. The molecule has 8 heteroatoms. The highest BCUT2D eigenvalue weighted by Gasteiger charge is 2.64. The van der Waals surface area contributed by atoms with Gasteiger partial charge in [-0.15, -0.1) is 0 Å². The fraction of sp³-hybridized carbons (Fsp3) is 0.222. The van der Waals surface area contributed by atoms with Crippen LogP contribution in [0.2, 0.25) is 0 Å². The molecular weight excluding hydrogens is 446 g/mol. The second-order valence-corrected chi connectivity index (χ2v) is 9.49. The Morgan fingerprint density at radius 1 is 1.17 bits per heavy atom. The van der Waals surface area contributed by atoms with E-state index >= 15 is 0 Å². The first-order valence-corrected chi connectivity index (χ1v) is 11.1. The minimum atomic E-state index is -1.86. The lowest BCUT2D eigenvalue weighted by Crippen LogP contribution is -2.54. The number of nitriles is 1. The van der Waals surface area contributed by atoms with Crippen molar-refractivity contribution in [2.24, 2.45) is 5.73 Å². The molecule has 4 heterocycles. The zero-order valence-electron chi connectivity index (χ0n) is 19.6. The van der Waals surface area contributed by atoms with Gasteiger partial charge in [-0.3, -0.25) is 4.79 Å².